The zero-order valence-electron chi connectivity index (χ0n) is 16.3. The predicted molar refractivity (Wildman–Crippen MR) is 118 cm³/mol. The number of hydrogen-bond donors (Lipinski definition) is 2. The number of H-pyrrole nitrogens is 1. The van der Waals surface area contributed by atoms with Crippen LogP contribution in [0.25, 0.3) is 11.4 Å². The van der Waals surface area contributed by atoms with Gasteiger partial charge in [0.05, 0.1) is 13.7 Å². The Morgan fingerprint density at radius 2 is 1.86 bits per heavy atom. The van der Waals surface area contributed by atoms with Gasteiger partial charge in [-0.1, -0.05) is 0 Å². The zero-order valence-corrected chi connectivity index (χ0v) is 18.6. The summed E-state index contributed by atoms with van der Waals surface area (Å²) in [5.41, 5.74) is 0.919. The molecule has 0 saturated carbocycles. The predicted octanol–water partition coefficient (Wildman–Crippen LogP) is 1.34. The summed E-state index contributed by atoms with van der Waals surface area (Å²) in [6.07, 6.45) is 0. The average molecular weight is 499 g/mol. The molecule has 1 saturated heterocycles. The molecule has 1 aliphatic heterocycles. The number of aromatic amines is 1. The number of carbonyl (C=O) groups excluding carboxylic acids is 1. The van der Waals surface area contributed by atoms with Crippen molar-refractivity contribution in [1.82, 2.24) is 30.3 Å². The first-order valence-electron chi connectivity index (χ1n) is 8.87. The molecule has 0 bridgehead atoms. The number of nitrogens with zero attached hydrogens (tertiary/aromatic N) is 5. The molecule has 0 spiro atoms. The van der Waals surface area contributed by atoms with Crippen LogP contribution in [-0.4, -0.2) is 77.2 Å². The number of ether oxygens (including phenoxy) is 1. The molecule has 9 nitrogen and oxygen atoms in total. The normalized spacial score (nSPS) is 14.5. The number of benzene rings is 1. The summed E-state index contributed by atoms with van der Waals surface area (Å²) in [6.45, 7) is 5.02. The Morgan fingerprint density at radius 3 is 2.43 bits per heavy atom. The Morgan fingerprint density at radius 1 is 1.21 bits per heavy atom. The fraction of sp³-hybridized carbons (Fsp3) is 0.444. The molecular formula is C18H26IN7O2. The van der Waals surface area contributed by atoms with E-state index in [1.54, 1.807) is 21.1 Å². The highest BCUT2D eigenvalue weighted by Crippen LogP contribution is 2.18. The van der Waals surface area contributed by atoms with Crippen molar-refractivity contribution in [3.8, 4) is 17.1 Å². The maximum atomic E-state index is 11.4. The van der Waals surface area contributed by atoms with Gasteiger partial charge in [0.1, 0.15) is 11.6 Å². The minimum Gasteiger partial charge on any atom is -0.497 e. The summed E-state index contributed by atoms with van der Waals surface area (Å²) in [6, 6.07) is 7.61. The van der Waals surface area contributed by atoms with Crippen molar-refractivity contribution in [2.75, 3.05) is 40.3 Å². The van der Waals surface area contributed by atoms with Crippen LogP contribution in [0.1, 0.15) is 12.7 Å². The lowest BCUT2D eigenvalue weighted by Gasteiger charge is -2.35. The fourth-order valence-corrected chi connectivity index (χ4v) is 2.97. The number of rotatable bonds is 4. The van der Waals surface area contributed by atoms with Crippen LogP contribution in [0.5, 0.6) is 5.75 Å². The maximum Gasteiger partial charge on any atom is 0.219 e. The summed E-state index contributed by atoms with van der Waals surface area (Å²) in [5.74, 6) is 3.07. The highest BCUT2D eigenvalue weighted by Gasteiger charge is 2.21. The van der Waals surface area contributed by atoms with E-state index in [0.29, 0.717) is 25.5 Å². The number of carbonyl (C=O) groups is 1. The molecule has 0 unspecified atom stereocenters. The molecule has 2 heterocycles. The molecular weight excluding hydrogens is 473 g/mol. The minimum atomic E-state index is 0. The number of hydrogen-bond acceptors (Lipinski definition) is 5. The van der Waals surface area contributed by atoms with Crippen molar-refractivity contribution in [1.29, 1.82) is 0 Å². The van der Waals surface area contributed by atoms with Gasteiger partial charge in [0, 0.05) is 45.7 Å². The first-order chi connectivity index (χ1) is 13.1. The molecule has 1 aromatic heterocycles. The van der Waals surface area contributed by atoms with Gasteiger partial charge in [-0.15, -0.1) is 24.0 Å². The standard InChI is InChI=1S/C18H25N7O2.HI/c1-13(26)24-8-10-25(11-9-24)18(19-2)20-12-16-21-17(23-22-16)14-4-6-15(27-3)7-5-14;/h4-7H,8-12H2,1-3H3,(H,19,20)(H,21,22,23);1H. The highest BCUT2D eigenvalue weighted by atomic mass is 127. The summed E-state index contributed by atoms with van der Waals surface area (Å²) in [5, 5.41) is 10.5. The van der Waals surface area contributed by atoms with Gasteiger partial charge in [0.15, 0.2) is 11.8 Å². The van der Waals surface area contributed by atoms with E-state index in [-0.39, 0.29) is 29.9 Å². The van der Waals surface area contributed by atoms with E-state index in [2.05, 4.69) is 30.4 Å². The average Bonchev–Trinajstić information content (AvgIpc) is 3.18. The summed E-state index contributed by atoms with van der Waals surface area (Å²) in [7, 11) is 3.39. The van der Waals surface area contributed by atoms with Crippen LogP contribution in [0.4, 0.5) is 0 Å². The molecule has 0 atom stereocenters. The third kappa shape index (κ3) is 5.33. The number of guanidine groups is 1. The number of nitrogens with one attached hydrogen (secondary N) is 2. The van der Waals surface area contributed by atoms with Crippen LogP contribution in [0, 0.1) is 0 Å². The second kappa shape index (κ2) is 10.2. The van der Waals surface area contributed by atoms with E-state index in [0.717, 1.165) is 36.2 Å². The largest absolute Gasteiger partial charge is 0.497 e. The van der Waals surface area contributed by atoms with Crippen molar-refractivity contribution in [3.05, 3.63) is 30.1 Å². The quantitative estimate of drug-likeness (QED) is 0.375. The van der Waals surface area contributed by atoms with E-state index in [1.165, 1.54) is 0 Å². The van der Waals surface area contributed by atoms with E-state index >= 15 is 0 Å². The van der Waals surface area contributed by atoms with Gasteiger partial charge in [0.2, 0.25) is 5.91 Å². The summed E-state index contributed by atoms with van der Waals surface area (Å²) in [4.78, 5) is 24.3. The van der Waals surface area contributed by atoms with Crippen LogP contribution < -0.4 is 10.1 Å². The van der Waals surface area contributed by atoms with Crippen LogP contribution in [0.2, 0.25) is 0 Å². The highest BCUT2D eigenvalue weighted by molar-refractivity contribution is 14.0. The minimum absolute atomic E-state index is 0. The number of piperazine rings is 1. The molecule has 1 amide bonds. The molecule has 1 fully saturated rings. The Kier molecular flexibility index (Phi) is 8.03. The first kappa shape index (κ1) is 21.9. The molecule has 152 valence electrons. The Balaban J connectivity index is 0.00000280. The van der Waals surface area contributed by atoms with Gasteiger partial charge in [0.25, 0.3) is 0 Å². The van der Waals surface area contributed by atoms with E-state index in [4.69, 9.17) is 4.74 Å². The summed E-state index contributed by atoms with van der Waals surface area (Å²) < 4.78 is 5.17. The third-order valence-electron chi connectivity index (χ3n) is 4.53. The molecule has 1 aromatic carbocycles. The van der Waals surface area contributed by atoms with Crippen molar-refractivity contribution >= 4 is 35.8 Å². The van der Waals surface area contributed by atoms with Crippen molar-refractivity contribution in [2.45, 2.75) is 13.5 Å². The molecule has 3 rings (SSSR count). The second-order valence-corrected chi connectivity index (χ2v) is 6.23. The van der Waals surface area contributed by atoms with Crippen molar-refractivity contribution < 1.29 is 9.53 Å². The van der Waals surface area contributed by atoms with Crippen LogP contribution >= 0.6 is 24.0 Å². The second-order valence-electron chi connectivity index (χ2n) is 6.23. The molecule has 10 heteroatoms. The molecule has 28 heavy (non-hydrogen) atoms. The van der Waals surface area contributed by atoms with Crippen molar-refractivity contribution in [2.24, 2.45) is 4.99 Å². The van der Waals surface area contributed by atoms with Gasteiger partial charge >= 0.3 is 0 Å². The Bertz CT molecular complexity index is 799. The molecule has 2 N–H and O–H groups in total. The van der Waals surface area contributed by atoms with Gasteiger partial charge in [-0.3, -0.25) is 14.9 Å². The smallest absolute Gasteiger partial charge is 0.219 e. The monoisotopic (exact) mass is 499 g/mol. The van der Waals surface area contributed by atoms with Gasteiger partial charge in [-0.25, -0.2) is 4.98 Å². The SMILES string of the molecule is CN=C(NCc1nc(-c2ccc(OC)cc2)n[nH]1)N1CCN(C(C)=O)CC1.I. The maximum absolute atomic E-state index is 11.4. The topological polar surface area (TPSA) is 98.7 Å². The molecule has 2 aromatic rings. The first-order valence-corrected chi connectivity index (χ1v) is 8.87. The number of amides is 1. The van der Waals surface area contributed by atoms with Crippen LogP contribution in [0.15, 0.2) is 29.3 Å². The number of methoxy groups -OCH3 is 1. The van der Waals surface area contributed by atoms with Crippen molar-refractivity contribution in [3.63, 3.8) is 0 Å². The lowest BCUT2D eigenvalue weighted by molar-refractivity contribution is -0.130. The lowest BCUT2D eigenvalue weighted by Crippen LogP contribution is -2.53. The van der Waals surface area contributed by atoms with Gasteiger partial charge in [-0.05, 0) is 24.3 Å². The van der Waals surface area contributed by atoms with Crippen LogP contribution in [0.3, 0.4) is 0 Å². The molecule has 1 aliphatic rings. The lowest BCUT2D eigenvalue weighted by atomic mass is 10.2. The van der Waals surface area contributed by atoms with E-state index in [1.807, 2.05) is 29.2 Å². The van der Waals surface area contributed by atoms with E-state index in [9.17, 15) is 4.79 Å². The van der Waals surface area contributed by atoms with Crippen LogP contribution in [-0.2, 0) is 11.3 Å². The van der Waals surface area contributed by atoms with Gasteiger partial charge in [-0.2, -0.15) is 5.10 Å². The number of aliphatic imine (C=N–C) groups is 1. The zero-order chi connectivity index (χ0) is 19.2. The fourth-order valence-electron chi connectivity index (χ4n) is 2.97. The van der Waals surface area contributed by atoms with E-state index < -0.39 is 0 Å². The van der Waals surface area contributed by atoms with Gasteiger partial charge < -0.3 is 19.9 Å². The Hall–Kier alpha value is -2.37. The molecule has 0 radical (unpaired) electrons. The molecule has 0 aliphatic carbocycles. The number of aromatic nitrogens is 3. The number of halogens is 1. The Labute approximate surface area is 181 Å². The third-order valence-corrected chi connectivity index (χ3v) is 4.53. The summed E-state index contributed by atoms with van der Waals surface area (Å²) >= 11 is 0.